The van der Waals surface area contributed by atoms with Gasteiger partial charge in [0.05, 0.1) is 14.2 Å². The first-order valence-electron chi connectivity index (χ1n) is 8.40. The number of likely N-dealkylation sites (tertiary alicyclic amines) is 1. The molecule has 4 rings (SSSR count). The summed E-state index contributed by atoms with van der Waals surface area (Å²) >= 11 is 0. The van der Waals surface area contributed by atoms with Crippen molar-refractivity contribution in [2.45, 2.75) is 30.7 Å². The van der Waals surface area contributed by atoms with Gasteiger partial charge in [-0.3, -0.25) is 4.79 Å². The van der Waals surface area contributed by atoms with E-state index in [0.717, 1.165) is 30.5 Å². The highest BCUT2D eigenvalue weighted by Crippen LogP contribution is 2.57. The maximum Gasteiger partial charge on any atom is 0.197 e. The Morgan fingerprint density at radius 2 is 1.93 bits per heavy atom. The molecule has 0 unspecified atom stereocenters. The summed E-state index contributed by atoms with van der Waals surface area (Å²) in [5, 5.41) is 10.9. The molecule has 1 heterocycles. The summed E-state index contributed by atoms with van der Waals surface area (Å²) < 4.78 is 10.6. The molecule has 152 valence electrons. The third-order valence-electron chi connectivity index (χ3n) is 6.21. The number of carbonyl (C=O) groups excluding carboxylic acids is 1. The number of rotatable bonds is 2. The number of methoxy groups -OCH3 is 2. The van der Waals surface area contributed by atoms with Crippen molar-refractivity contribution in [1.29, 1.82) is 0 Å². The quantitative estimate of drug-likeness (QED) is 0.784. The van der Waals surface area contributed by atoms with Gasteiger partial charge in [0.25, 0.3) is 0 Å². The molecule has 3 atom stereocenters. The number of hydrogen-bond acceptors (Lipinski definition) is 5. The number of nitrogens with zero attached hydrogens (tertiary/aromatic N) is 1. The van der Waals surface area contributed by atoms with Crippen LogP contribution in [-0.4, -0.2) is 60.6 Å². The first kappa shape index (κ1) is 23.2. The van der Waals surface area contributed by atoms with Crippen molar-refractivity contribution in [3.63, 3.8) is 0 Å². The molecule has 0 aromatic heterocycles. The molecule has 7 nitrogen and oxygen atoms in total. The summed E-state index contributed by atoms with van der Waals surface area (Å²) in [5.74, 6) is 1.32. The van der Waals surface area contributed by atoms with Gasteiger partial charge in [0.15, 0.2) is 23.0 Å². The smallest absolute Gasteiger partial charge is 0.197 e. The molecule has 1 saturated heterocycles. The number of allylic oxidation sites excluding steroid dienone is 1. The first-order chi connectivity index (χ1) is 11.5. The normalized spacial score (nSPS) is 28.3. The molecular formula is C19H28ClNO6. The van der Waals surface area contributed by atoms with Crippen molar-refractivity contribution in [2.75, 3.05) is 27.8 Å². The standard InChI is InChI=1S/C19H23NO4.ClH.2H2O/c1-20-7-6-19-10-14(21)16(24-3)9-12(19)13(20)8-11-4-5-15(23-2)18(22)17(11)19;;;/h4-5,9,12-13,22H,6-8,10H2,1-3H3;1H;2*1H2/t12-,13+,19-;;;/m1.../s1. The van der Waals surface area contributed by atoms with E-state index in [4.69, 9.17) is 9.47 Å². The predicted octanol–water partition coefficient (Wildman–Crippen LogP) is 0.790. The monoisotopic (exact) mass is 401 g/mol. The van der Waals surface area contributed by atoms with Crippen LogP contribution in [0.2, 0.25) is 0 Å². The Labute approximate surface area is 165 Å². The highest BCUT2D eigenvalue weighted by Gasteiger charge is 2.56. The van der Waals surface area contributed by atoms with Gasteiger partial charge in [0.1, 0.15) is 0 Å². The third kappa shape index (κ3) is 3.08. The summed E-state index contributed by atoms with van der Waals surface area (Å²) in [6.07, 6.45) is 4.08. The van der Waals surface area contributed by atoms with E-state index in [9.17, 15) is 9.90 Å². The van der Waals surface area contributed by atoms with Crippen molar-refractivity contribution in [3.8, 4) is 11.5 Å². The number of hydrogen-bond donors (Lipinski definition) is 1. The van der Waals surface area contributed by atoms with E-state index >= 15 is 0 Å². The molecular weight excluding hydrogens is 374 g/mol. The average molecular weight is 402 g/mol. The molecule has 5 N–H and O–H groups in total. The number of likely N-dealkylation sites (N-methyl/N-ethyl adjacent to an activating group) is 1. The Bertz CT molecular complexity index is 752. The van der Waals surface area contributed by atoms with Crippen LogP contribution in [0.1, 0.15) is 24.0 Å². The fourth-order valence-electron chi connectivity index (χ4n) is 5.03. The van der Waals surface area contributed by atoms with E-state index < -0.39 is 0 Å². The first-order valence-corrected chi connectivity index (χ1v) is 8.40. The van der Waals surface area contributed by atoms with Gasteiger partial charge in [0, 0.05) is 29.4 Å². The van der Waals surface area contributed by atoms with E-state index in [0.29, 0.717) is 24.0 Å². The predicted molar refractivity (Wildman–Crippen MR) is 104 cm³/mol. The number of benzene rings is 1. The number of ketones is 1. The molecule has 8 heteroatoms. The molecule has 0 amide bonds. The maximum atomic E-state index is 12.6. The lowest BCUT2D eigenvalue weighted by molar-refractivity contribution is -0.122. The van der Waals surface area contributed by atoms with Crippen molar-refractivity contribution in [2.24, 2.45) is 5.92 Å². The minimum Gasteiger partial charge on any atom is -0.504 e. The Morgan fingerprint density at radius 3 is 2.56 bits per heavy atom. The van der Waals surface area contributed by atoms with E-state index in [2.05, 4.69) is 11.9 Å². The third-order valence-corrected chi connectivity index (χ3v) is 6.21. The molecule has 2 aliphatic carbocycles. The van der Waals surface area contributed by atoms with Crippen LogP contribution in [0.4, 0.5) is 0 Å². The summed E-state index contributed by atoms with van der Waals surface area (Å²) in [4.78, 5) is 15.0. The van der Waals surface area contributed by atoms with Crippen LogP contribution in [0.3, 0.4) is 0 Å². The van der Waals surface area contributed by atoms with Gasteiger partial charge in [-0.25, -0.2) is 0 Å². The molecule has 1 fully saturated rings. The molecule has 1 aromatic carbocycles. The minimum absolute atomic E-state index is 0. The number of Topliss-reactive ketones (excluding diaryl/α,β-unsaturated/α-hetero) is 1. The van der Waals surface area contributed by atoms with Gasteiger partial charge in [-0.1, -0.05) is 6.07 Å². The Hall–Kier alpha value is -1.80. The van der Waals surface area contributed by atoms with Gasteiger partial charge in [0.2, 0.25) is 0 Å². The lowest BCUT2D eigenvalue weighted by atomic mass is 9.53. The van der Waals surface area contributed by atoms with Gasteiger partial charge >= 0.3 is 0 Å². The molecule has 0 saturated carbocycles. The maximum absolute atomic E-state index is 12.6. The largest absolute Gasteiger partial charge is 0.504 e. The van der Waals surface area contributed by atoms with Crippen LogP contribution < -0.4 is 4.74 Å². The summed E-state index contributed by atoms with van der Waals surface area (Å²) in [7, 11) is 5.25. The number of aromatic hydroxyl groups is 1. The lowest BCUT2D eigenvalue weighted by Crippen LogP contribution is -2.60. The van der Waals surface area contributed by atoms with Crippen LogP contribution in [0.25, 0.3) is 0 Å². The number of phenolic OH excluding ortho intramolecular Hbond substituents is 1. The SMILES string of the molecule is COC1=C[C@@H]2[C@@H]3Cc4ccc(OC)c(O)c4[C@]2(CCN3C)CC1=O.Cl.O.O. The van der Waals surface area contributed by atoms with Crippen LogP contribution in [0.15, 0.2) is 24.0 Å². The number of ether oxygens (including phenoxy) is 2. The van der Waals surface area contributed by atoms with Crippen LogP contribution in [0, 0.1) is 5.92 Å². The second-order valence-electron chi connectivity index (χ2n) is 7.17. The summed E-state index contributed by atoms with van der Waals surface area (Å²) in [6.45, 7) is 0.917. The zero-order valence-electron chi connectivity index (χ0n) is 15.7. The molecule has 2 bridgehead atoms. The Morgan fingerprint density at radius 1 is 1.22 bits per heavy atom. The average Bonchev–Trinajstić information content (AvgIpc) is 2.57. The topological polar surface area (TPSA) is 122 Å². The summed E-state index contributed by atoms with van der Waals surface area (Å²) in [6, 6.07) is 4.18. The van der Waals surface area contributed by atoms with Crippen molar-refractivity contribution < 1.29 is 30.3 Å². The molecule has 0 spiro atoms. The van der Waals surface area contributed by atoms with E-state index in [1.807, 2.05) is 18.2 Å². The fraction of sp³-hybridized carbons (Fsp3) is 0.526. The van der Waals surface area contributed by atoms with Crippen molar-refractivity contribution in [3.05, 3.63) is 35.1 Å². The second kappa shape index (κ2) is 8.06. The van der Waals surface area contributed by atoms with Gasteiger partial charge in [-0.2, -0.15) is 0 Å². The zero-order valence-corrected chi connectivity index (χ0v) is 16.6. The lowest BCUT2D eigenvalue weighted by Gasteiger charge is -2.56. The minimum atomic E-state index is -0.359. The van der Waals surface area contributed by atoms with Crippen molar-refractivity contribution in [1.82, 2.24) is 4.90 Å². The molecule has 0 radical (unpaired) electrons. The molecule has 3 aliphatic rings. The fourth-order valence-corrected chi connectivity index (χ4v) is 5.03. The second-order valence-corrected chi connectivity index (χ2v) is 7.17. The number of carbonyl (C=O) groups is 1. The van der Waals surface area contributed by atoms with Gasteiger partial charge < -0.3 is 30.4 Å². The molecule has 27 heavy (non-hydrogen) atoms. The van der Waals surface area contributed by atoms with Crippen LogP contribution >= 0.6 is 12.4 Å². The Kier molecular flexibility index (Phi) is 6.94. The Balaban J connectivity index is 0.00000121. The number of phenols is 1. The number of halogens is 1. The molecule has 1 aromatic rings. The van der Waals surface area contributed by atoms with Crippen LogP contribution in [0.5, 0.6) is 11.5 Å². The number of piperidine rings is 1. The highest BCUT2D eigenvalue weighted by molar-refractivity contribution is 5.96. The zero-order chi connectivity index (χ0) is 17.1. The summed E-state index contributed by atoms with van der Waals surface area (Å²) in [5.41, 5.74) is 1.68. The van der Waals surface area contributed by atoms with E-state index in [1.54, 1.807) is 14.2 Å². The van der Waals surface area contributed by atoms with Crippen molar-refractivity contribution >= 4 is 18.2 Å². The van der Waals surface area contributed by atoms with Gasteiger partial charge in [-0.05, 0) is 44.1 Å². The highest BCUT2D eigenvalue weighted by atomic mass is 35.5. The number of fused-ring (bicyclic) bond motifs is 1. The molecule has 1 aliphatic heterocycles. The van der Waals surface area contributed by atoms with E-state index in [-0.39, 0.29) is 46.2 Å². The van der Waals surface area contributed by atoms with E-state index in [1.165, 1.54) is 0 Å². The van der Waals surface area contributed by atoms with Gasteiger partial charge in [-0.15, -0.1) is 12.4 Å². The van der Waals surface area contributed by atoms with Crippen LogP contribution in [-0.2, 0) is 21.4 Å².